The smallest absolute Gasteiger partial charge is 0.319 e. The topological polar surface area (TPSA) is 35.5 Å². The zero-order valence-electron chi connectivity index (χ0n) is 16.7. The zero-order valence-corrected chi connectivity index (χ0v) is 16.7. The van der Waals surface area contributed by atoms with E-state index in [9.17, 15) is 9.18 Å². The van der Waals surface area contributed by atoms with Crippen molar-refractivity contribution in [2.45, 2.75) is 46.5 Å². The molecular formula is C23H29FO3. The quantitative estimate of drug-likeness (QED) is 0.317. The molecule has 2 aromatic carbocycles. The number of aryl methyl sites for hydroxylation is 1. The van der Waals surface area contributed by atoms with Crippen LogP contribution in [-0.4, -0.2) is 19.7 Å². The third-order valence-electron chi connectivity index (χ3n) is 4.54. The SMILES string of the molecule is CCCCCc1ccc(-c2ccc(OC(=O)C(C)(C)COC)cc2)c(F)c1. The fourth-order valence-corrected chi connectivity index (χ4v) is 2.89. The second-order valence-electron chi connectivity index (χ2n) is 7.50. The summed E-state index contributed by atoms with van der Waals surface area (Å²) in [7, 11) is 1.55. The highest BCUT2D eigenvalue weighted by Crippen LogP contribution is 2.27. The summed E-state index contributed by atoms with van der Waals surface area (Å²) < 4.78 is 25.0. The van der Waals surface area contributed by atoms with Gasteiger partial charge in [-0.3, -0.25) is 4.79 Å². The lowest BCUT2D eigenvalue weighted by Crippen LogP contribution is -2.33. The van der Waals surface area contributed by atoms with Gasteiger partial charge in [-0.25, -0.2) is 4.39 Å². The molecule has 0 unspecified atom stereocenters. The van der Waals surface area contributed by atoms with Crippen molar-refractivity contribution in [3.63, 3.8) is 0 Å². The minimum atomic E-state index is -0.729. The molecule has 0 aliphatic rings. The van der Waals surface area contributed by atoms with E-state index in [2.05, 4.69) is 6.92 Å². The Morgan fingerprint density at radius 2 is 1.78 bits per heavy atom. The van der Waals surface area contributed by atoms with Gasteiger partial charge in [-0.2, -0.15) is 0 Å². The highest BCUT2D eigenvalue weighted by Gasteiger charge is 2.29. The molecule has 0 N–H and O–H groups in total. The fraction of sp³-hybridized carbons (Fsp3) is 0.435. The number of rotatable bonds is 9. The number of methoxy groups -OCH3 is 1. The second-order valence-corrected chi connectivity index (χ2v) is 7.50. The lowest BCUT2D eigenvalue weighted by Gasteiger charge is -2.21. The molecule has 0 spiro atoms. The molecule has 27 heavy (non-hydrogen) atoms. The molecule has 0 fully saturated rings. The first-order valence-electron chi connectivity index (χ1n) is 9.47. The Labute approximate surface area is 161 Å². The third kappa shape index (κ3) is 5.90. The van der Waals surface area contributed by atoms with Crippen LogP contribution >= 0.6 is 0 Å². The number of benzene rings is 2. The Balaban J connectivity index is 2.07. The summed E-state index contributed by atoms with van der Waals surface area (Å²) >= 11 is 0. The molecule has 0 amide bonds. The maximum Gasteiger partial charge on any atom is 0.319 e. The summed E-state index contributed by atoms with van der Waals surface area (Å²) in [5.74, 6) is -0.154. The number of halogens is 1. The highest BCUT2D eigenvalue weighted by atomic mass is 19.1. The van der Waals surface area contributed by atoms with Crippen molar-refractivity contribution < 1.29 is 18.7 Å². The van der Waals surface area contributed by atoms with E-state index >= 15 is 0 Å². The molecule has 0 bridgehead atoms. The van der Waals surface area contributed by atoms with Gasteiger partial charge in [0.15, 0.2) is 0 Å². The molecule has 0 heterocycles. The predicted molar refractivity (Wildman–Crippen MR) is 106 cm³/mol. The van der Waals surface area contributed by atoms with Gasteiger partial charge in [-0.15, -0.1) is 0 Å². The number of unbranched alkanes of at least 4 members (excludes halogenated alkanes) is 2. The van der Waals surface area contributed by atoms with Gasteiger partial charge in [0, 0.05) is 12.7 Å². The Bertz CT molecular complexity index is 751. The van der Waals surface area contributed by atoms with Crippen LogP contribution in [0.4, 0.5) is 4.39 Å². The molecule has 0 aliphatic carbocycles. The molecule has 2 rings (SSSR count). The first-order valence-corrected chi connectivity index (χ1v) is 9.47. The summed E-state index contributed by atoms with van der Waals surface area (Å²) in [5.41, 5.74) is 1.60. The van der Waals surface area contributed by atoms with E-state index in [-0.39, 0.29) is 18.4 Å². The standard InChI is InChI=1S/C23H29FO3/c1-5-6-7-8-17-9-14-20(21(24)15-17)18-10-12-19(13-11-18)27-22(25)23(2,3)16-26-4/h9-15H,5-8,16H2,1-4H3. The molecule has 0 saturated heterocycles. The van der Waals surface area contributed by atoms with Crippen LogP contribution in [0.1, 0.15) is 45.6 Å². The van der Waals surface area contributed by atoms with E-state index in [4.69, 9.17) is 9.47 Å². The predicted octanol–water partition coefficient (Wildman–Crippen LogP) is 5.80. The summed E-state index contributed by atoms with van der Waals surface area (Å²) in [6.45, 7) is 5.97. The molecule has 0 aliphatic heterocycles. The van der Waals surface area contributed by atoms with Crippen LogP contribution in [0.3, 0.4) is 0 Å². The lowest BCUT2D eigenvalue weighted by atomic mass is 9.95. The van der Waals surface area contributed by atoms with Gasteiger partial charge in [0.2, 0.25) is 0 Å². The monoisotopic (exact) mass is 372 g/mol. The molecule has 0 saturated carbocycles. The first-order chi connectivity index (χ1) is 12.9. The van der Waals surface area contributed by atoms with Gasteiger partial charge in [-0.1, -0.05) is 44.0 Å². The summed E-state index contributed by atoms with van der Waals surface area (Å²) in [4.78, 5) is 12.2. The van der Waals surface area contributed by atoms with Gasteiger partial charge in [0.05, 0.1) is 12.0 Å². The van der Waals surface area contributed by atoms with Crippen LogP contribution in [0.15, 0.2) is 42.5 Å². The average molecular weight is 372 g/mol. The molecule has 2 aromatic rings. The maximum absolute atomic E-state index is 14.5. The number of carbonyl (C=O) groups excluding carboxylic acids is 1. The van der Waals surface area contributed by atoms with Crippen molar-refractivity contribution in [2.75, 3.05) is 13.7 Å². The van der Waals surface area contributed by atoms with Crippen LogP contribution < -0.4 is 4.74 Å². The van der Waals surface area contributed by atoms with Gasteiger partial charge < -0.3 is 9.47 Å². The van der Waals surface area contributed by atoms with Gasteiger partial charge >= 0.3 is 5.97 Å². The number of hydrogen-bond acceptors (Lipinski definition) is 3. The Hall–Kier alpha value is -2.20. The van der Waals surface area contributed by atoms with Crippen LogP contribution in [0.5, 0.6) is 5.75 Å². The second kappa shape index (κ2) is 9.65. The van der Waals surface area contributed by atoms with Crippen LogP contribution in [0, 0.1) is 11.2 Å². The summed E-state index contributed by atoms with van der Waals surface area (Å²) in [6.07, 6.45) is 4.29. The average Bonchev–Trinajstić information content (AvgIpc) is 2.63. The lowest BCUT2D eigenvalue weighted by molar-refractivity contribution is -0.146. The van der Waals surface area contributed by atoms with Gasteiger partial charge in [0.1, 0.15) is 11.6 Å². The number of esters is 1. The van der Waals surface area contributed by atoms with Crippen molar-refractivity contribution in [3.8, 4) is 16.9 Å². The van der Waals surface area contributed by atoms with E-state index in [1.165, 1.54) is 0 Å². The normalized spacial score (nSPS) is 11.4. The van der Waals surface area contributed by atoms with E-state index in [1.807, 2.05) is 12.1 Å². The summed E-state index contributed by atoms with van der Waals surface area (Å²) in [5, 5.41) is 0. The van der Waals surface area contributed by atoms with E-state index in [0.717, 1.165) is 36.8 Å². The van der Waals surface area contributed by atoms with Crippen molar-refractivity contribution in [1.82, 2.24) is 0 Å². The highest BCUT2D eigenvalue weighted by molar-refractivity contribution is 5.78. The van der Waals surface area contributed by atoms with E-state index < -0.39 is 5.41 Å². The van der Waals surface area contributed by atoms with Crippen LogP contribution in [0.25, 0.3) is 11.1 Å². The Kier molecular flexibility index (Phi) is 7.55. The largest absolute Gasteiger partial charge is 0.426 e. The number of ether oxygens (including phenoxy) is 2. The molecule has 4 heteroatoms. The van der Waals surface area contributed by atoms with Crippen molar-refractivity contribution in [1.29, 1.82) is 0 Å². The van der Waals surface area contributed by atoms with Crippen molar-refractivity contribution >= 4 is 5.97 Å². The van der Waals surface area contributed by atoms with Crippen molar-refractivity contribution in [3.05, 3.63) is 53.8 Å². The Morgan fingerprint density at radius 3 is 2.37 bits per heavy atom. The minimum absolute atomic E-state index is 0.227. The van der Waals surface area contributed by atoms with E-state index in [1.54, 1.807) is 51.3 Å². The number of hydrogen-bond donors (Lipinski definition) is 0. The summed E-state index contributed by atoms with van der Waals surface area (Å²) in [6, 6.07) is 12.3. The molecule has 0 aromatic heterocycles. The zero-order chi connectivity index (χ0) is 19.9. The molecule has 0 atom stereocenters. The minimum Gasteiger partial charge on any atom is -0.426 e. The third-order valence-corrected chi connectivity index (χ3v) is 4.54. The van der Waals surface area contributed by atoms with Gasteiger partial charge in [-0.05, 0) is 56.0 Å². The fourth-order valence-electron chi connectivity index (χ4n) is 2.89. The van der Waals surface area contributed by atoms with Gasteiger partial charge in [0.25, 0.3) is 0 Å². The van der Waals surface area contributed by atoms with Crippen LogP contribution in [-0.2, 0) is 16.0 Å². The maximum atomic E-state index is 14.5. The molecule has 3 nitrogen and oxygen atoms in total. The van der Waals surface area contributed by atoms with Crippen LogP contribution in [0.2, 0.25) is 0 Å². The van der Waals surface area contributed by atoms with Crippen molar-refractivity contribution in [2.24, 2.45) is 5.41 Å². The molecular weight excluding hydrogens is 343 g/mol. The molecule has 0 radical (unpaired) electrons. The molecule has 146 valence electrons. The first kappa shape index (κ1) is 21.1. The van der Waals surface area contributed by atoms with E-state index in [0.29, 0.717) is 11.3 Å². The Morgan fingerprint density at radius 1 is 1.07 bits per heavy atom. The number of carbonyl (C=O) groups is 1.